The van der Waals surface area contributed by atoms with E-state index in [1.165, 1.54) is 4.90 Å². The maximum Gasteiger partial charge on any atom is 0.0419 e. The van der Waals surface area contributed by atoms with Crippen molar-refractivity contribution in [1.29, 1.82) is 0 Å². The summed E-state index contributed by atoms with van der Waals surface area (Å²) in [5.41, 5.74) is 12.3. The van der Waals surface area contributed by atoms with Crippen LogP contribution in [0.5, 0.6) is 0 Å². The van der Waals surface area contributed by atoms with Gasteiger partial charge in [0.25, 0.3) is 0 Å². The number of thioether (sulfide) groups is 1. The molecule has 0 aliphatic heterocycles. The van der Waals surface area contributed by atoms with E-state index in [9.17, 15) is 0 Å². The van der Waals surface area contributed by atoms with Crippen molar-refractivity contribution in [2.24, 2.45) is 11.5 Å². The summed E-state index contributed by atoms with van der Waals surface area (Å²) in [4.78, 5) is 1.25. The molecule has 1 atom stereocenters. The minimum atomic E-state index is -0.0269. The second-order valence-electron chi connectivity index (χ2n) is 2.62. The van der Waals surface area contributed by atoms with Gasteiger partial charge in [-0.25, -0.2) is 0 Å². The van der Waals surface area contributed by atoms with E-state index in [-0.39, 0.29) is 18.4 Å². The number of benzene rings is 1. The Balaban J connectivity index is 0.00000144. The lowest BCUT2D eigenvalue weighted by Gasteiger charge is -2.08. The Bertz CT molecular complexity index is 238. The Labute approximate surface area is 89.5 Å². The molecule has 1 aromatic rings. The van der Waals surface area contributed by atoms with E-state index >= 15 is 0 Å². The molecule has 0 unspecified atom stereocenters. The first kappa shape index (κ1) is 12.8. The first-order valence-corrected chi connectivity index (χ1v) is 5.10. The first-order chi connectivity index (χ1) is 5.77. The standard InChI is InChI=1S/C9H14N2S.ClH/c1-12-8-4-2-7(3-5-8)9(11)6-10;/h2-5,9H,6,10-11H2,1H3;1H/t9-;/m0./s1. The fourth-order valence-corrected chi connectivity index (χ4v) is 1.40. The Hall–Kier alpha value is -0.220. The van der Waals surface area contributed by atoms with Gasteiger partial charge >= 0.3 is 0 Å². The van der Waals surface area contributed by atoms with Crippen LogP contribution in [0.15, 0.2) is 29.2 Å². The van der Waals surface area contributed by atoms with Crippen molar-refractivity contribution in [3.8, 4) is 0 Å². The van der Waals surface area contributed by atoms with Gasteiger partial charge in [-0.3, -0.25) is 0 Å². The van der Waals surface area contributed by atoms with Gasteiger partial charge in [-0.15, -0.1) is 24.2 Å². The third-order valence-electron chi connectivity index (χ3n) is 1.80. The maximum atomic E-state index is 5.75. The molecule has 0 radical (unpaired) electrons. The zero-order chi connectivity index (χ0) is 8.97. The van der Waals surface area contributed by atoms with E-state index in [4.69, 9.17) is 11.5 Å². The molecule has 0 saturated heterocycles. The van der Waals surface area contributed by atoms with E-state index < -0.39 is 0 Å². The smallest absolute Gasteiger partial charge is 0.0419 e. The summed E-state index contributed by atoms with van der Waals surface area (Å²) in [5.74, 6) is 0. The molecule has 74 valence electrons. The number of halogens is 1. The summed E-state index contributed by atoms with van der Waals surface area (Å²) in [6.45, 7) is 0.499. The zero-order valence-electron chi connectivity index (χ0n) is 7.57. The summed E-state index contributed by atoms with van der Waals surface area (Å²) in [5, 5.41) is 0. The number of hydrogen-bond donors (Lipinski definition) is 2. The topological polar surface area (TPSA) is 52.0 Å². The fourth-order valence-electron chi connectivity index (χ4n) is 0.987. The van der Waals surface area contributed by atoms with Gasteiger partial charge in [-0.05, 0) is 24.0 Å². The lowest BCUT2D eigenvalue weighted by molar-refractivity contribution is 0.736. The molecule has 4 N–H and O–H groups in total. The van der Waals surface area contributed by atoms with Gasteiger partial charge in [0, 0.05) is 17.5 Å². The predicted octanol–water partition coefficient (Wildman–Crippen LogP) is 1.79. The zero-order valence-corrected chi connectivity index (χ0v) is 9.20. The molecular weight excluding hydrogens is 204 g/mol. The van der Waals surface area contributed by atoms with Crippen LogP contribution in [0, 0.1) is 0 Å². The predicted molar refractivity (Wildman–Crippen MR) is 61.5 cm³/mol. The van der Waals surface area contributed by atoms with Crippen molar-refractivity contribution in [3.63, 3.8) is 0 Å². The Kier molecular flexibility index (Phi) is 6.16. The molecule has 0 saturated carbocycles. The first-order valence-electron chi connectivity index (χ1n) is 3.87. The average Bonchev–Trinajstić information content (AvgIpc) is 2.17. The molecule has 0 fully saturated rings. The van der Waals surface area contributed by atoms with Gasteiger partial charge in [0.15, 0.2) is 0 Å². The molecule has 0 aliphatic carbocycles. The van der Waals surface area contributed by atoms with Gasteiger partial charge in [0.05, 0.1) is 0 Å². The van der Waals surface area contributed by atoms with E-state index in [0.29, 0.717) is 6.54 Å². The molecule has 0 spiro atoms. The molecule has 1 aromatic carbocycles. The van der Waals surface area contributed by atoms with Crippen LogP contribution < -0.4 is 11.5 Å². The normalized spacial score (nSPS) is 11.9. The highest BCUT2D eigenvalue weighted by Gasteiger charge is 2.01. The Morgan fingerprint density at radius 3 is 2.23 bits per heavy atom. The lowest BCUT2D eigenvalue weighted by Crippen LogP contribution is -2.20. The molecule has 0 heterocycles. The van der Waals surface area contributed by atoms with Crippen LogP contribution >= 0.6 is 24.2 Å². The van der Waals surface area contributed by atoms with Crippen LogP contribution in [-0.4, -0.2) is 12.8 Å². The molecule has 0 bridgehead atoms. The SMILES string of the molecule is CSc1ccc([C@@H](N)CN)cc1.Cl. The molecule has 2 nitrogen and oxygen atoms in total. The molecule has 0 amide bonds. The highest BCUT2D eigenvalue weighted by Crippen LogP contribution is 2.17. The summed E-state index contributed by atoms with van der Waals surface area (Å²) in [6.07, 6.45) is 2.05. The minimum absolute atomic E-state index is 0. The van der Waals surface area contributed by atoms with Gasteiger partial charge in [0.2, 0.25) is 0 Å². The van der Waals surface area contributed by atoms with Crippen molar-refractivity contribution in [2.75, 3.05) is 12.8 Å². The molecule has 4 heteroatoms. The highest BCUT2D eigenvalue weighted by atomic mass is 35.5. The largest absolute Gasteiger partial charge is 0.329 e. The molecule has 0 aliphatic rings. The Morgan fingerprint density at radius 2 is 1.85 bits per heavy atom. The molecule has 1 rings (SSSR count). The van der Waals surface area contributed by atoms with Gasteiger partial charge < -0.3 is 11.5 Å². The van der Waals surface area contributed by atoms with E-state index in [1.54, 1.807) is 11.8 Å². The van der Waals surface area contributed by atoms with Crippen molar-refractivity contribution in [3.05, 3.63) is 29.8 Å². The average molecular weight is 219 g/mol. The van der Waals surface area contributed by atoms with Crippen LogP contribution in [-0.2, 0) is 0 Å². The number of hydrogen-bond acceptors (Lipinski definition) is 3. The lowest BCUT2D eigenvalue weighted by atomic mass is 10.1. The van der Waals surface area contributed by atoms with Crippen LogP contribution in [0.3, 0.4) is 0 Å². The number of nitrogens with two attached hydrogens (primary N) is 2. The quantitative estimate of drug-likeness (QED) is 0.761. The van der Waals surface area contributed by atoms with Crippen molar-refractivity contribution in [1.82, 2.24) is 0 Å². The summed E-state index contributed by atoms with van der Waals surface area (Å²) in [6, 6.07) is 8.17. The molecule has 13 heavy (non-hydrogen) atoms. The monoisotopic (exact) mass is 218 g/mol. The van der Waals surface area contributed by atoms with Gasteiger partial charge in [-0.1, -0.05) is 12.1 Å². The van der Waals surface area contributed by atoms with E-state index in [0.717, 1.165) is 5.56 Å². The number of rotatable bonds is 3. The van der Waals surface area contributed by atoms with E-state index in [2.05, 4.69) is 18.4 Å². The van der Waals surface area contributed by atoms with Crippen molar-refractivity contribution < 1.29 is 0 Å². The van der Waals surface area contributed by atoms with E-state index in [1.807, 2.05) is 12.1 Å². The third-order valence-corrected chi connectivity index (χ3v) is 2.54. The molecule has 0 aromatic heterocycles. The third kappa shape index (κ3) is 3.56. The maximum absolute atomic E-state index is 5.75. The van der Waals surface area contributed by atoms with Crippen LogP contribution in [0.4, 0.5) is 0 Å². The molecular formula is C9H15ClN2S. The summed E-state index contributed by atoms with van der Waals surface area (Å²) < 4.78 is 0. The summed E-state index contributed by atoms with van der Waals surface area (Å²) >= 11 is 1.72. The highest BCUT2D eigenvalue weighted by molar-refractivity contribution is 7.98. The fraction of sp³-hybridized carbons (Fsp3) is 0.333. The second-order valence-corrected chi connectivity index (χ2v) is 3.50. The van der Waals surface area contributed by atoms with Gasteiger partial charge in [-0.2, -0.15) is 0 Å². The van der Waals surface area contributed by atoms with Crippen molar-refractivity contribution in [2.45, 2.75) is 10.9 Å². The van der Waals surface area contributed by atoms with Crippen LogP contribution in [0.2, 0.25) is 0 Å². The summed E-state index contributed by atoms with van der Waals surface area (Å²) in [7, 11) is 0. The van der Waals surface area contributed by atoms with Crippen LogP contribution in [0.25, 0.3) is 0 Å². The second kappa shape index (κ2) is 6.27. The Morgan fingerprint density at radius 1 is 1.31 bits per heavy atom. The van der Waals surface area contributed by atoms with Crippen molar-refractivity contribution >= 4 is 24.2 Å². The van der Waals surface area contributed by atoms with Gasteiger partial charge in [0.1, 0.15) is 0 Å². The minimum Gasteiger partial charge on any atom is -0.329 e. The van der Waals surface area contributed by atoms with Crippen LogP contribution in [0.1, 0.15) is 11.6 Å².